The molecule has 1 saturated heterocycles. The lowest BCUT2D eigenvalue weighted by atomic mass is 10.2. The monoisotopic (exact) mass is 493 g/mol. The van der Waals surface area contributed by atoms with Gasteiger partial charge in [0.1, 0.15) is 28.9 Å². The molecule has 1 N–H and O–H groups in total. The van der Waals surface area contributed by atoms with E-state index >= 15 is 0 Å². The molecule has 0 unspecified atom stereocenters. The Morgan fingerprint density at radius 1 is 1.08 bits per heavy atom. The third-order valence-electron chi connectivity index (χ3n) is 5.97. The Balaban J connectivity index is 1.39. The van der Waals surface area contributed by atoms with Gasteiger partial charge in [-0.05, 0) is 77.1 Å². The summed E-state index contributed by atoms with van der Waals surface area (Å²) in [6.45, 7) is 11.8. The number of aromatic nitrogens is 1. The minimum Gasteiger partial charge on any atom is -0.493 e. The zero-order valence-electron chi connectivity index (χ0n) is 21.7. The van der Waals surface area contributed by atoms with Crippen LogP contribution in [-0.2, 0) is 11.3 Å². The smallest absolute Gasteiger partial charge is 0.410 e. The van der Waals surface area contributed by atoms with Crippen LogP contribution in [0.4, 0.5) is 10.5 Å². The van der Waals surface area contributed by atoms with Crippen molar-refractivity contribution in [2.75, 3.05) is 25.0 Å². The zero-order valence-corrected chi connectivity index (χ0v) is 21.7. The maximum Gasteiger partial charge on any atom is 0.410 e. The third-order valence-corrected chi connectivity index (χ3v) is 5.97. The van der Waals surface area contributed by atoms with Crippen LogP contribution in [0.3, 0.4) is 0 Å². The molecule has 0 saturated carbocycles. The van der Waals surface area contributed by atoms with Gasteiger partial charge < -0.3 is 29.0 Å². The minimum absolute atomic E-state index is 0.0993. The quantitative estimate of drug-likeness (QED) is 0.457. The van der Waals surface area contributed by atoms with E-state index < -0.39 is 5.60 Å². The van der Waals surface area contributed by atoms with Crippen molar-refractivity contribution in [3.8, 4) is 11.5 Å². The van der Waals surface area contributed by atoms with Crippen molar-refractivity contribution in [1.29, 1.82) is 0 Å². The summed E-state index contributed by atoms with van der Waals surface area (Å²) in [4.78, 5) is 27.1. The fourth-order valence-electron chi connectivity index (χ4n) is 4.39. The Hall–Kier alpha value is -3.68. The number of anilines is 1. The highest BCUT2D eigenvalue weighted by Crippen LogP contribution is 2.30. The van der Waals surface area contributed by atoms with E-state index in [1.54, 1.807) is 4.90 Å². The van der Waals surface area contributed by atoms with Gasteiger partial charge in [0, 0.05) is 30.6 Å². The molecule has 192 valence electrons. The molecule has 0 spiro atoms. The molecule has 1 aliphatic heterocycles. The molecule has 0 bridgehead atoms. The first kappa shape index (κ1) is 25.4. The molecule has 1 atom stereocenters. The Kier molecular flexibility index (Phi) is 7.43. The van der Waals surface area contributed by atoms with Crippen LogP contribution in [0.15, 0.2) is 48.5 Å². The number of benzene rings is 2. The van der Waals surface area contributed by atoms with Crippen LogP contribution in [0.25, 0.3) is 10.9 Å². The number of carbonyl (C=O) groups excluding carboxylic acids is 2. The Labute approximate surface area is 212 Å². The summed E-state index contributed by atoms with van der Waals surface area (Å²) >= 11 is 0. The van der Waals surface area contributed by atoms with Crippen molar-refractivity contribution in [3.63, 3.8) is 0 Å². The number of carbonyl (C=O) groups is 2. The summed E-state index contributed by atoms with van der Waals surface area (Å²) in [6, 6.07) is 15.0. The first-order valence-corrected chi connectivity index (χ1v) is 12.5. The van der Waals surface area contributed by atoms with Gasteiger partial charge in [0.05, 0.1) is 18.7 Å². The van der Waals surface area contributed by atoms with Gasteiger partial charge in [-0.1, -0.05) is 6.07 Å². The molecule has 3 aromatic rings. The summed E-state index contributed by atoms with van der Waals surface area (Å²) < 4.78 is 19.2. The van der Waals surface area contributed by atoms with E-state index in [0.29, 0.717) is 43.4 Å². The van der Waals surface area contributed by atoms with Crippen molar-refractivity contribution >= 4 is 28.6 Å². The predicted molar refractivity (Wildman–Crippen MR) is 140 cm³/mol. The molecule has 2 aromatic carbocycles. The van der Waals surface area contributed by atoms with Crippen molar-refractivity contribution in [3.05, 3.63) is 54.2 Å². The number of nitrogens with one attached hydrogen (secondary N) is 1. The van der Waals surface area contributed by atoms with Gasteiger partial charge in [0.25, 0.3) is 5.91 Å². The molecule has 0 aliphatic carbocycles. The summed E-state index contributed by atoms with van der Waals surface area (Å²) in [5.41, 5.74) is 1.70. The van der Waals surface area contributed by atoms with Crippen LogP contribution in [-0.4, -0.2) is 52.9 Å². The van der Waals surface area contributed by atoms with Gasteiger partial charge in [0.2, 0.25) is 0 Å². The molecule has 4 rings (SSSR count). The number of likely N-dealkylation sites (tertiary alicyclic amines) is 1. The first-order valence-electron chi connectivity index (χ1n) is 12.5. The molecule has 8 heteroatoms. The Morgan fingerprint density at radius 3 is 2.50 bits per heavy atom. The van der Waals surface area contributed by atoms with E-state index in [4.69, 9.17) is 14.2 Å². The van der Waals surface area contributed by atoms with Gasteiger partial charge in [-0.2, -0.15) is 0 Å². The lowest BCUT2D eigenvalue weighted by molar-refractivity contribution is 0.0275. The average Bonchev–Trinajstić information content (AvgIpc) is 3.45. The highest BCUT2D eigenvalue weighted by atomic mass is 16.6. The van der Waals surface area contributed by atoms with Gasteiger partial charge >= 0.3 is 6.09 Å². The van der Waals surface area contributed by atoms with Crippen LogP contribution in [0.5, 0.6) is 11.5 Å². The second-order valence-corrected chi connectivity index (χ2v) is 9.83. The van der Waals surface area contributed by atoms with E-state index in [1.165, 1.54) is 0 Å². The SMILES string of the molecule is CCOc1cccc2c1cc(C(=O)Nc1ccc(O[C@H]3CCN(C(=O)OC(C)(C)C)C3)cc1)n2CC. The molecular formula is C28H35N3O5. The van der Waals surface area contributed by atoms with Crippen molar-refractivity contribution in [2.24, 2.45) is 0 Å². The number of ether oxygens (including phenoxy) is 3. The number of hydrogen-bond donors (Lipinski definition) is 1. The number of rotatable bonds is 7. The summed E-state index contributed by atoms with van der Waals surface area (Å²) in [5.74, 6) is 1.27. The van der Waals surface area contributed by atoms with Crippen LogP contribution >= 0.6 is 0 Å². The largest absolute Gasteiger partial charge is 0.493 e. The molecule has 1 fully saturated rings. The first-order chi connectivity index (χ1) is 17.2. The van der Waals surface area contributed by atoms with Gasteiger partial charge in [-0.25, -0.2) is 4.79 Å². The molecular weight excluding hydrogens is 458 g/mol. The highest BCUT2D eigenvalue weighted by Gasteiger charge is 2.30. The zero-order chi connectivity index (χ0) is 25.9. The second-order valence-electron chi connectivity index (χ2n) is 9.83. The van der Waals surface area contributed by atoms with Crippen LogP contribution in [0.2, 0.25) is 0 Å². The molecule has 8 nitrogen and oxygen atoms in total. The summed E-state index contributed by atoms with van der Waals surface area (Å²) in [5, 5.41) is 3.91. The standard InChI is InChI=1S/C28H35N3O5/c1-6-31-23-9-8-10-25(34-7-2)22(23)17-24(31)26(32)29-19-11-13-20(14-12-19)35-21-15-16-30(18-21)27(33)36-28(3,4)5/h8-14,17,21H,6-7,15-16,18H2,1-5H3,(H,29,32)/t21-/m0/s1. The minimum atomic E-state index is -0.520. The lowest BCUT2D eigenvalue weighted by Crippen LogP contribution is -2.36. The lowest BCUT2D eigenvalue weighted by Gasteiger charge is -2.24. The topological polar surface area (TPSA) is 82.0 Å². The fraction of sp³-hybridized carbons (Fsp3) is 0.429. The van der Waals surface area contributed by atoms with Crippen molar-refractivity contribution in [1.82, 2.24) is 9.47 Å². The molecule has 1 aliphatic rings. The predicted octanol–water partition coefficient (Wildman–Crippen LogP) is 5.70. The number of fused-ring (bicyclic) bond motifs is 1. The maximum atomic E-state index is 13.1. The highest BCUT2D eigenvalue weighted by molar-refractivity contribution is 6.07. The second kappa shape index (κ2) is 10.5. The van der Waals surface area contributed by atoms with Gasteiger partial charge in [-0.3, -0.25) is 4.79 Å². The molecule has 1 aromatic heterocycles. The molecule has 2 heterocycles. The van der Waals surface area contributed by atoms with Gasteiger partial charge in [-0.15, -0.1) is 0 Å². The maximum absolute atomic E-state index is 13.1. The number of aryl methyl sites for hydroxylation is 1. The fourth-order valence-corrected chi connectivity index (χ4v) is 4.39. The molecule has 2 amide bonds. The normalized spacial score (nSPS) is 15.7. The van der Waals surface area contributed by atoms with Crippen LogP contribution in [0.1, 0.15) is 51.5 Å². The number of nitrogens with zero attached hydrogens (tertiary/aromatic N) is 2. The van der Waals surface area contributed by atoms with E-state index in [-0.39, 0.29) is 18.1 Å². The Morgan fingerprint density at radius 2 is 1.83 bits per heavy atom. The average molecular weight is 494 g/mol. The number of hydrogen-bond acceptors (Lipinski definition) is 5. The summed E-state index contributed by atoms with van der Waals surface area (Å²) in [7, 11) is 0. The summed E-state index contributed by atoms with van der Waals surface area (Å²) in [6.07, 6.45) is 0.325. The molecule has 36 heavy (non-hydrogen) atoms. The van der Waals surface area contributed by atoms with E-state index in [1.807, 2.05) is 87.7 Å². The third kappa shape index (κ3) is 5.75. The van der Waals surface area contributed by atoms with Gasteiger partial charge in [0.15, 0.2) is 0 Å². The van der Waals surface area contributed by atoms with E-state index in [2.05, 4.69) is 5.32 Å². The van der Waals surface area contributed by atoms with E-state index in [9.17, 15) is 9.59 Å². The van der Waals surface area contributed by atoms with E-state index in [0.717, 1.165) is 23.1 Å². The Bertz CT molecular complexity index is 1230. The van der Waals surface area contributed by atoms with Crippen molar-refractivity contribution in [2.45, 2.75) is 59.3 Å². The van der Waals surface area contributed by atoms with Crippen LogP contribution in [0, 0.1) is 0 Å². The number of amides is 2. The van der Waals surface area contributed by atoms with Crippen molar-refractivity contribution < 1.29 is 23.8 Å². The van der Waals surface area contributed by atoms with Crippen LogP contribution < -0.4 is 14.8 Å². The molecule has 0 radical (unpaired) electrons.